The summed E-state index contributed by atoms with van der Waals surface area (Å²) in [7, 11) is 2.25. The van der Waals surface area contributed by atoms with Gasteiger partial charge in [-0.15, -0.1) is 0 Å². The van der Waals surface area contributed by atoms with Crippen molar-refractivity contribution in [1.82, 2.24) is 26.2 Å². The van der Waals surface area contributed by atoms with Crippen molar-refractivity contribution in [2.24, 2.45) is 0 Å². The number of urea groups is 1. The maximum Gasteiger partial charge on any atom is 0.326 e. The molecule has 97 heavy (non-hydrogen) atoms. The highest BCUT2D eigenvalue weighted by Gasteiger charge is 2.40. The number of amides is 4. The van der Waals surface area contributed by atoms with Gasteiger partial charge in [0.1, 0.15) is 12.1 Å². The topological polar surface area (TPSA) is 251 Å². The summed E-state index contributed by atoms with van der Waals surface area (Å²) < 4.78 is 26.3. The Kier molecular flexibility index (Phi) is 50.1. The Bertz CT molecular complexity index is 2330. The Hall–Kier alpha value is -5.40. The Morgan fingerprint density at radius 3 is 1.53 bits per heavy atom. The number of allylic oxidation sites excluding steroid dienone is 8. The number of hydrogen-bond donors (Lipinski definition) is 7. The number of aliphatic carboxylic acids is 3. The molecule has 1 heterocycles. The fraction of sp³-hybridized carbons (Fsp3) is 0.747. The van der Waals surface area contributed by atoms with Crippen molar-refractivity contribution in [1.29, 1.82) is 0 Å². The minimum Gasteiger partial charge on any atom is -0.481 e. The molecule has 1 aromatic rings. The van der Waals surface area contributed by atoms with Gasteiger partial charge in [0.25, 0.3) is 11.8 Å². The largest absolute Gasteiger partial charge is 0.481 e. The fourth-order valence-electron chi connectivity index (χ4n) is 11.8. The van der Waals surface area contributed by atoms with Gasteiger partial charge >= 0.3 is 23.9 Å². The number of hydrogen-bond acceptors (Lipinski definition) is 11. The molecular formula is C79H135N5O13. The zero-order valence-corrected chi connectivity index (χ0v) is 61.6. The number of rotatable bonds is 63. The van der Waals surface area contributed by atoms with Crippen LogP contribution in [0.15, 0.2) is 72.9 Å². The average molecular weight is 1360 g/mol. The molecule has 1 saturated heterocycles. The Labute approximate surface area is 586 Å². The minimum absolute atomic E-state index is 0.00363. The van der Waals surface area contributed by atoms with Crippen LogP contribution in [-0.2, 0) is 33.3 Å². The maximum atomic E-state index is 13.0. The second kappa shape index (κ2) is 55.4. The smallest absolute Gasteiger partial charge is 0.326 e. The lowest BCUT2D eigenvalue weighted by atomic mass is 9.94. The molecule has 0 bridgehead atoms. The highest BCUT2D eigenvalue weighted by atomic mass is 16.7. The van der Waals surface area contributed by atoms with Crippen LogP contribution in [0.3, 0.4) is 0 Å². The van der Waals surface area contributed by atoms with Crippen LogP contribution >= 0.6 is 0 Å². The molecule has 2 rings (SSSR count). The van der Waals surface area contributed by atoms with E-state index in [0.29, 0.717) is 37.2 Å². The van der Waals surface area contributed by atoms with Gasteiger partial charge in [-0.1, -0.05) is 172 Å². The second-order valence-electron chi connectivity index (χ2n) is 27.9. The zero-order chi connectivity index (χ0) is 71.1. The number of benzene rings is 1. The SMILES string of the molecule is CCCCC/C=C\C/C=C\CCCCCCCCC1(CCCCCCCC/C=C\C/C=C\CCCCC)OCC(CCN(C)CCCCCCCC(C)(CC)OCC(C)(C)OCCNC(=O)c2ccc(C(=O)NCCCC[C@H](NC(=O)N[C@@H](CCC(=O)O)C(=O)O)C(=O)O)cc2)O1. The quantitative estimate of drug-likeness (QED) is 0.0237. The van der Waals surface area contributed by atoms with E-state index in [9.17, 15) is 39.0 Å². The van der Waals surface area contributed by atoms with E-state index in [1.54, 1.807) is 24.3 Å². The number of nitrogens with one attached hydrogen (secondary N) is 4. The van der Waals surface area contributed by atoms with Gasteiger partial charge in [0.2, 0.25) is 0 Å². The molecule has 4 atom stereocenters. The van der Waals surface area contributed by atoms with Crippen LogP contribution in [0.4, 0.5) is 4.79 Å². The lowest BCUT2D eigenvalue weighted by Crippen LogP contribution is -2.51. The number of carboxylic acid groups (broad SMARTS) is 3. The monoisotopic (exact) mass is 1360 g/mol. The van der Waals surface area contributed by atoms with Gasteiger partial charge in [-0.25, -0.2) is 14.4 Å². The van der Waals surface area contributed by atoms with Crippen LogP contribution in [0.25, 0.3) is 0 Å². The summed E-state index contributed by atoms with van der Waals surface area (Å²) in [6.07, 6.45) is 59.6. The van der Waals surface area contributed by atoms with E-state index < -0.39 is 53.8 Å². The number of ether oxygens (including phenoxy) is 4. The molecule has 18 nitrogen and oxygen atoms in total. The average Bonchev–Trinajstić information content (AvgIpc) is 1.89. The predicted octanol–water partition coefficient (Wildman–Crippen LogP) is 17.5. The van der Waals surface area contributed by atoms with E-state index in [-0.39, 0.29) is 56.1 Å². The van der Waals surface area contributed by atoms with Crippen molar-refractivity contribution in [3.8, 4) is 0 Å². The number of carbonyl (C=O) groups excluding carboxylic acids is 3. The van der Waals surface area contributed by atoms with Crippen LogP contribution in [0, 0.1) is 0 Å². The van der Waals surface area contributed by atoms with Crippen molar-refractivity contribution in [2.45, 2.75) is 327 Å². The molecular weight excluding hydrogens is 1230 g/mol. The maximum absolute atomic E-state index is 13.0. The molecule has 554 valence electrons. The van der Waals surface area contributed by atoms with Crippen LogP contribution in [0.5, 0.6) is 0 Å². The first-order valence-electron chi connectivity index (χ1n) is 38.1. The number of unbranched alkanes of at least 4 members (excludes halogenated alkanes) is 23. The minimum atomic E-state index is -1.51. The van der Waals surface area contributed by atoms with E-state index in [1.807, 2.05) is 13.8 Å². The summed E-state index contributed by atoms with van der Waals surface area (Å²) in [5.74, 6) is -5.12. The summed E-state index contributed by atoms with van der Waals surface area (Å²) in [6, 6.07) is 2.31. The van der Waals surface area contributed by atoms with Gasteiger partial charge < -0.3 is 60.4 Å². The molecule has 0 radical (unpaired) electrons. The Morgan fingerprint density at radius 1 is 0.567 bits per heavy atom. The lowest BCUT2D eigenvalue weighted by Gasteiger charge is -2.34. The highest BCUT2D eigenvalue weighted by molar-refractivity contribution is 5.97. The molecule has 18 heteroatoms. The third kappa shape index (κ3) is 45.8. The number of carbonyl (C=O) groups is 6. The Balaban J connectivity index is 1.67. The molecule has 0 aromatic heterocycles. The Morgan fingerprint density at radius 2 is 1.03 bits per heavy atom. The normalized spacial score (nSPS) is 15.4. The molecule has 1 aliphatic rings. The fourth-order valence-corrected chi connectivity index (χ4v) is 11.8. The second-order valence-corrected chi connectivity index (χ2v) is 27.9. The van der Waals surface area contributed by atoms with Crippen molar-refractivity contribution >= 4 is 35.8 Å². The van der Waals surface area contributed by atoms with Crippen LogP contribution in [0.2, 0.25) is 0 Å². The third-order valence-electron chi connectivity index (χ3n) is 18.4. The first kappa shape index (κ1) is 87.7. The molecule has 4 amide bonds. The summed E-state index contributed by atoms with van der Waals surface area (Å²) >= 11 is 0. The molecule has 1 aliphatic heterocycles. The molecule has 0 spiro atoms. The molecule has 1 aromatic carbocycles. The third-order valence-corrected chi connectivity index (χ3v) is 18.4. The standard InChI is InChI=1S/C79H135N5O13/c1-8-11-13-15-17-19-21-23-25-27-29-31-33-35-39-44-57-79(58-45-40-36-34-32-30-28-26-24-22-20-18-16-14-12-9-2)95-64-68(97-79)55-62-84(7)61-47-41-37-38-43-56-78(6,10-3)96-65-77(4,5)94-63-60-81-73(88)67-51-49-66(50-52-67)72(87)80-59-46-42-48-69(74(89)90)82-76(93)83-70(75(91)92)53-54-71(85)86/h17-20,23-26,49-52,68-70H,8-16,21-22,27-48,53-65H2,1-7H3,(H,80,87)(H,81,88)(H,85,86)(H,89,90)(H,91,92)(H2,82,83,93)/b19-17-,20-18-,25-23-,26-24-/t68?,69-,70-,78?/m0/s1. The van der Waals surface area contributed by atoms with Crippen molar-refractivity contribution in [3.63, 3.8) is 0 Å². The molecule has 7 N–H and O–H groups in total. The molecule has 1 fully saturated rings. The summed E-state index contributed by atoms with van der Waals surface area (Å²) in [5, 5.41) is 37.6. The van der Waals surface area contributed by atoms with Crippen LogP contribution in [-0.4, -0.2) is 144 Å². The van der Waals surface area contributed by atoms with E-state index in [0.717, 1.165) is 64.5 Å². The van der Waals surface area contributed by atoms with Gasteiger partial charge in [-0.05, 0) is 187 Å². The van der Waals surface area contributed by atoms with Gasteiger partial charge in [0, 0.05) is 50.0 Å². The van der Waals surface area contributed by atoms with Gasteiger partial charge in [-0.2, -0.15) is 0 Å². The molecule has 2 unspecified atom stereocenters. The predicted molar refractivity (Wildman–Crippen MR) is 392 cm³/mol. The van der Waals surface area contributed by atoms with Crippen LogP contribution < -0.4 is 21.3 Å². The summed E-state index contributed by atoms with van der Waals surface area (Å²) in [4.78, 5) is 74.4. The van der Waals surface area contributed by atoms with E-state index >= 15 is 0 Å². The van der Waals surface area contributed by atoms with Crippen molar-refractivity contribution in [2.75, 3.05) is 53.0 Å². The van der Waals surface area contributed by atoms with Crippen LogP contribution in [0.1, 0.15) is 313 Å². The van der Waals surface area contributed by atoms with Crippen molar-refractivity contribution in [3.05, 3.63) is 84.0 Å². The van der Waals surface area contributed by atoms with Gasteiger partial charge in [0.05, 0.1) is 37.1 Å². The highest BCUT2D eigenvalue weighted by Crippen LogP contribution is 2.36. The lowest BCUT2D eigenvalue weighted by molar-refractivity contribution is -0.180. The summed E-state index contributed by atoms with van der Waals surface area (Å²) in [5.41, 5.74) is -0.126. The molecule has 0 saturated carbocycles. The zero-order valence-electron chi connectivity index (χ0n) is 61.6. The summed E-state index contributed by atoms with van der Waals surface area (Å²) in [6.45, 7) is 16.9. The number of carboxylic acids is 3. The molecule has 0 aliphatic carbocycles. The van der Waals surface area contributed by atoms with Gasteiger partial charge in [-0.3, -0.25) is 14.4 Å². The van der Waals surface area contributed by atoms with E-state index in [4.69, 9.17) is 24.1 Å². The first-order valence-corrected chi connectivity index (χ1v) is 38.1. The van der Waals surface area contributed by atoms with E-state index in [1.165, 1.54) is 167 Å². The number of nitrogens with zero attached hydrogens (tertiary/aromatic N) is 1. The van der Waals surface area contributed by atoms with Gasteiger partial charge in [0.15, 0.2) is 5.79 Å². The first-order chi connectivity index (χ1) is 46.8. The van der Waals surface area contributed by atoms with Crippen molar-refractivity contribution < 1.29 is 63.0 Å². The van der Waals surface area contributed by atoms with E-state index in [2.05, 4.69) is 110 Å².